The van der Waals surface area contributed by atoms with Crippen molar-refractivity contribution >= 4 is 22.4 Å². The number of thiazole rings is 1. The van der Waals surface area contributed by atoms with E-state index < -0.39 is 0 Å². The summed E-state index contributed by atoms with van der Waals surface area (Å²) in [7, 11) is 3.19. The molecule has 0 saturated carbocycles. The van der Waals surface area contributed by atoms with Crippen molar-refractivity contribution in [1.29, 1.82) is 0 Å². The van der Waals surface area contributed by atoms with Crippen LogP contribution >= 0.6 is 11.3 Å². The molecule has 1 N–H and O–H groups in total. The molecule has 7 heteroatoms. The number of aromatic nitrogens is 1. The summed E-state index contributed by atoms with van der Waals surface area (Å²) in [5, 5.41) is 5.27. The highest BCUT2D eigenvalue weighted by atomic mass is 32.1. The molecule has 152 valence electrons. The summed E-state index contributed by atoms with van der Waals surface area (Å²) >= 11 is 1.37. The van der Waals surface area contributed by atoms with E-state index in [4.69, 9.17) is 14.2 Å². The minimum absolute atomic E-state index is 0.223. The molecule has 0 aliphatic carbocycles. The number of carbonyl (C=O) groups excluding carboxylic acids is 1. The molecular formula is C22H24N2O4S. The Morgan fingerprint density at radius 1 is 1.10 bits per heavy atom. The van der Waals surface area contributed by atoms with Gasteiger partial charge in [-0.05, 0) is 42.8 Å². The highest BCUT2D eigenvalue weighted by Crippen LogP contribution is 2.33. The molecule has 0 fully saturated rings. The summed E-state index contributed by atoms with van der Waals surface area (Å²) in [5.41, 5.74) is 2.16. The van der Waals surface area contributed by atoms with Gasteiger partial charge in [-0.25, -0.2) is 4.98 Å². The molecule has 0 saturated heterocycles. The first-order valence-electron chi connectivity index (χ1n) is 9.36. The lowest BCUT2D eigenvalue weighted by molar-refractivity contribution is 0.102. The Bertz CT molecular complexity index is 971. The lowest BCUT2D eigenvalue weighted by atomic mass is 10.1. The number of carbonyl (C=O) groups is 1. The second-order valence-corrected chi connectivity index (χ2v) is 7.15. The quantitative estimate of drug-likeness (QED) is 0.486. The monoisotopic (exact) mass is 412 g/mol. The van der Waals surface area contributed by atoms with Gasteiger partial charge in [-0.1, -0.05) is 19.4 Å². The lowest BCUT2D eigenvalue weighted by Crippen LogP contribution is -2.11. The number of rotatable bonds is 9. The minimum Gasteiger partial charge on any atom is -0.494 e. The average Bonchev–Trinajstić information content (AvgIpc) is 3.22. The van der Waals surface area contributed by atoms with Crippen LogP contribution in [0.5, 0.6) is 17.2 Å². The molecule has 6 nitrogen and oxygen atoms in total. The summed E-state index contributed by atoms with van der Waals surface area (Å²) in [5.74, 6) is 1.75. The van der Waals surface area contributed by atoms with Crippen LogP contribution in [-0.2, 0) is 0 Å². The molecule has 1 aromatic heterocycles. The van der Waals surface area contributed by atoms with Crippen LogP contribution in [0.2, 0.25) is 0 Å². The molecule has 0 aliphatic rings. The summed E-state index contributed by atoms with van der Waals surface area (Å²) in [6.07, 6.45) is 2.04. The number of amides is 1. The summed E-state index contributed by atoms with van der Waals surface area (Å²) < 4.78 is 16.3. The van der Waals surface area contributed by atoms with Gasteiger partial charge in [0.25, 0.3) is 5.91 Å². The largest absolute Gasteiger partial charge is 0.494 e. The maximum Gasteiger partial charge on any atom is 0.257 e. The summed E-state index contributed by atoms with van der Waals surface area (Å²) in [4.78, 5) is 17.1. The lowest BCUT2D eigenvalue weighted by Gasteiger charge is -2.08. The van der Waals surface area contributed by atoms with Gasteiger partial charge in [0.05, 0.1) is 26.5 Å². The van der Waals surface area contributed by atoms with Gasteiger partial charge in [0, 0.05) is 16.5 Å². The number of hydrogen-bond acceptors (Lipinski definition) is 6. The van der Waals surface area contributed by atoms with E-state index in [9.17, 15) is 4.79 Å². The fraction of sp³-hybridized carbons (Fsp3) is 0.273. The molecule has 1 heterocycles. The molecule has 3 rings (SSSR count). The van der Waals surface area contributed by atoms with Gasteiger partial charge >= 0.3 is 0 Å². The number of nitrogens with zero attached hydrogens (tertiary/aromatic N) is 1. The van der Waals surface area contributed by atoms with Crippen LogP contribution in [0.15, 0.2) is 47.8 Å². The van der Waals surface area contributed by atoms with Gasteiger partial charge in [0.2, 0.25) is 0 Å². The van der Waals surface area contributed by atoms with E-state index >= 15 is 0 Å². The molecule has 1 amide bonds. The van der Waals surface area contributed by atoms with E-state index in [0.717, 1.165) is 24.1 Å². The van der Waals surface area contributed by atoms with Crippen molar-refractivity contribution in [2.24, 2.45) is 0 Å². The number of anilines is 1. The number of ether oxygens (including phenoxy) is 3. The Morgan fingerprint density at radius 3 is 2.69 bits per heavy atom. The number of hydrogen-bond donors (Lipinski definition) is 1. The van der Waals surface area contributed by atoms with Gasteiger partial charge in [0.15, 0.2) is 16.6 Å². The molecule has 0 radical (unpaired) electrons. The van der Waals surface area contributed by atoms with E-state index in [0.29, 0.717) is 34.6 Å². The summed E-state index contributed by atoms with van der Waals surface area (Å²) in [6, 6.07) is 12.8. The number of benzene rings is 2. The Labute approximate surface area is 174 Å². The normalized spacial score (nSPS) is 10.4. The highest BCUT2D eigenvalue weighted by molar-refractivity contribution is 7.14. The topological polar surface area (TPSA) is 69.7 Å². The third kappa shape index (κ3) is 5.26. The maximum absolute atomic E-state index is 12.6. The van der Waals surface area contributed by atoms with E-state index in [1.54, 1.807) is 26.4 Å². The van der Waals surface area contributed by atoms with E-state index in [2.05, 4.69) is 17.2 Å². The van der Waals surface area contributed by atoms with Gasteiger partial charge in [-0.2, -0.15) is 0 Å². The van der Waals surface area contributed by atoms with Crippen LogP contribution in [0.3, 0.4) is 0 Å². The first-order chi connectivity index (χ1) is 14.1. The average molecular weight is 413 g/mol. The number of methoxy groups -OCH3 is 2. The van der Waals surface area contributed by atoms with Gasteiger partial charge < -0.3 is 14.2 Å². The molecule has 0 bridgehead atoms. The fourth-order valence-electron chi connectivity index (χ4n) is 2.69. The Kier molecular flexibility index (Phi) is 7.08. The van der Waals surface area contributed by atoms with Crippen molar-refractivity contribution in [3.8, 4) is 28.5 Å². The van der Waals surface area contributed by atoms with Crippen LogP contribution in [-0.4, -0.2) is 31.7 Å². The van der Waals surface area contributed by atoms with Gasteiger partial charge in [-0.3, -0.25) is 10.1 Å². The van der Waals surface area contributed by atoms with Gasteiger partial charge in [-0.15, -0.1) is 11.3 Å². The van der Waals surface area contributed by atoms with Crippen molar-refractivity contribution in [1.82, 2.24) is 4.98 Å². The molecule has 29 heavy (non-hydrogen) atoms. The molecule has 2 aromatic carbocycles. The van der Waals surface area contributed by atoms with Crippen LogP contribution in [0.25, 0.3) is 11.3 Å². The van der Waals surface area contributed by atoms with Crippen LogP contribution < -0.4 is 19.5 Å². The second kappa shape index (κ2) is 9.93. The maximum atomic E-state index is 12.6. The zero-order valence-corrected chi connectivity index (χ0v) is 17.5. The van der Waals surface area contributed by atoms with Crippen LogP contribution in [0, 0.1) is 0 Å². The van der Waals surface area contributed by atoms with Crippen molar-refractivity contribution in [3.63, 3.8) is 0 Å². The highest BCUT2D eigenvalue weighted by Gasteiger charge is 2.12. The second-order valence-electron chi connectivity index (χ2n) is 6.29. The molecule has 0 atom stereocenters. The van der Waals surface area contributed by atoms with E-state index in [-0.39, 0.29) is 5.91 Å². The minimum atomic E-state index is -0.223. The molecule has 0 aliphatic heterocycles. The SMILES string of the molecule is CCCCOc1cccc(C(=O)Nc2nc(-c3ccc(OC)c(OC)c3)cs2)c1. The molecule has 0 unspecified atom stereocenters. The first kappa shape index (κ1) is 20.7. The van der Waals surface area contributed by atoms with E-state index in [1.165, 1.54) is 11.3 Å². The third-order valence-corrected chi connectivity index (χ3v) is 5.02. The predicted molar refractivity (Wildman–Crippen MR) is 115 cm³/mol. The first-order valence-corrected chi connectivity index (χ1v) is 10.2. The predicted octanol–water partition coefficient (Wildman–Crippen LogP) is 5.26. The Hall–Kier alpha value is -3.06. The van der Waals surface area contributed by atoms with Gasteiger partial charge in [0.1, 0.15) is 5.75 Å². The zero-order valence-electron chi connectivity index (χ0n) is 16.7. The van der Waals surface area contributed by atoms with Crippen LogP contribution in [0.1, 0.15) is 30.1 Å². The number of unbranched alkanes of at least 4 members (excludes halogenated alkanes) is 1. The third-order valence-electron chi connectivity index (χ3n) is 4.27. The van der Waals surface area contributed by atoms with E-state index in [1.807, 2.05) is 35.7 Å². The molecular weight excluding hydrogens is 388 g/mol. The number of nitrogens with one attached hydrogen (secondary N) is 1. The van der Waals surface area contributed by atoms with Crippen molar-refractivity contribution < 1.29 is 19.0 Å². The van der Waals surface area contributed by atoms with Crippen molar-refractivity contribution in [2.75, 3.05) is 26.1 Å². The van der Waals surface area contributed by atoms with Crippen molar-refractivity contribution in [3.05, 3.63) is 53.4 Å². The smallest absolute Gasteiger partial charge is 0.257 e. The van der Waals surface area contributed by atoms with Crippen LogP contribution in [0.4, 0.5) is 5.13 Å². The standard InChI is InChI=1S/C22H24N2O4S/c1-4-5-11-28-17-8-6-7-16(12-17)21(25)24-22-23-18(14-29-22)15-9-10-19(26-2)20(13-15)27-3/h6-10,12-14H,4-5,11H2,1-3H3,(H,23,24,25). The van der Waals surface area contributed by atoms with Crippen molar-refractivity contribution in [2.45, 2.75) is 19.8 Å². The molecule has 3 aromatic rings. The fourth-order valence-corrected chi connectivity index (χ4v) is 3.40. The Balaban J connectivity index is 1.70. The zero-order chi connectivity index (χ0) is 20.6. The summed E-state index contributed by atoms with van der Waals surface area (Å²) in [6.45, 7) is 2.75. The Morgan fingerprint density at radius 2 is 1.93 bits per heavy atom. The molecule has 0 spiro atoms.